The smallest absolute Gasteiger partial charge is 0.152 e. The molecule has 4 nitrogen and oxygen atoms in total. The molecule has 5 heteroatoms. The molecule has 0 amide bonds. The van der Waals surface area contributed by atoms with Gasteiger partial charge in [0.25, 0.3) is 0 Å². The van der Waals surface area contributed by atoms with Crippen LogP contribution in [0.5, 0.6) is 0 Å². The van der Waals surface area contributed by atoms with Crippen LogP contribution in [-0.2, 0) is 10.6 Å². The van der Waals surface area contributed by atoms with E-state index < -0.39 is 0 Å². The molecule has 2 aromatic rings. The molecule has 1 saturated heterocycles. The molecular formula is C14H16ClN3O. The third-order valence-electron chi connectivity index (χ3n) is 3.48. The van der Waals surface area contributed by atoms with Gasteiger partial charge in [-0.3, -0.25) is 4.57 Å². The number of nitrogens with zero attached hydrogens (tertiary/aromatic N) is 3. The summed E-state index contributed by atoms with van der Waals surface area (Å²) in [7, 11) is 0. The SMILES string of the molecule is ClCc1nnc(C2CCOCC2)n1-c1ccccc1. The van der Waals surface area contributed by atoms with Crippen molar-refractivity contribution in [2.75, 3.05) is 13.2 Å². The molecule has 0 aliphatic carbocycles. The highest BCUT2D eigenvalue weighted by Gasteiger charge is 2.24. The number of hydrogen-bond donors (Lipinski definition) is 0. The molecule has 3 rings (SSSR count). The van der Waals surface area contributed by atoms with Gasteiger partial charge in [0.05, 0.1) is 5.88 Å². The van der Waals surface area contributed by atoms with Crippen LogP contribution in [0, 0.1) is 0 Å². The Kier molecular flexibility index (Phi) is 3.80. The van der Waals surface area contributed by atoms with Crippen molar-refractivity contribution in [3.8, 4) is 5.69 Å². The van der Waals surface area contributed by atoms with Gasteiger partial charge < -0.3 is 4.74 Å². The predicted octanol–water partition coefficient (Wildman–Crippen LogP) is 2.90. The van der Waals surface area contributed by atoms with Crippen molar-refractivity contribution in [1.29, 1.82) is 0 Å². The van der Waals surface area contributed by atoms with E-state index in [0.717, 1.165) is 43.4 Å². The van der Waals surface area contributed by atoms with E-state index >= 15 is 0 Å². The Morgan fingerprint density at radius 3 is 2.58 bits per heavy atom. The second-order valence-electron chi connectivity index (χ2n) is 4.67. The Morgan fingerprint density at radius 2 is 1.89 bits per heavy atom. The molecule has 100 valence electrons. The highest BCUT2D eigenvalue weighted by atomic mass is 35.5. The summed E-state index contributed by atoms with van der Waals surface area (Å²) in [6, 6.07) is 10.1. The number of para-hydroxylation sites is 1. The third kappa shape index (κ3) is 2.51. The summed E-state index contributed by atoms with van der Waals surface area (Å²) in [6.45, 7) is 1.59. The first kappa shape index (κ1) is 12.6. The monoisotopic (exact) mass is 277 g/mol. The van der Waals surface area contributed by atoms with Crippen LogP contribution in [0.4, 0.5) is 0 Å². The van der Waals surface area contributed by atoms with Gasteiger partial charge in [-0.05, 0) is 25.0 Å². The molecule has 1 fully saturated rings. The van der Waals surface area contributed by atoms with E-state index in [1.807, 2.05) is 18.2 Å². The summed E-state index contributed by atoms with van der Waals surface area (Å²) in [6.07, 6.45) is 1.99. The molecule has 1 aromatic heterocycles. The molecule has 0 atom stereocenters. The molecule has 0 spiro atoms. The minimum atomic E-state index is 0.366. The summed E-state index contributed by atoms with van der Waals surface area (Å²) >= 11 is 5.99. The molecule has 1 aromatic carbocycles. The summed E-state index contributed by atoms with van der Waals surface area (Å²) < 4.78 is 7.50. The molecule has 2 heterocycles. The van der Waals surface area contributed by atoms with E-state index in [1.165, 1.54) is 0 Å². The largest absolute Gasteiger partial charge is 0.381 e. The Labute approximate surface area is 117 Å². The number of hydrogen-bond acceptors (Lipinski definition) is 3. The van der Waals surface area contributed by atoms with Crippen LogP contribution in [-0.4, -0.2) is 28.0 Å². The summed E-state index contributed by atoms with van der Waals surface area (Å²) in [5.74, 6) is 2.57. The number of aromatic nitrogens is 3. The lowest BCUT2D eigenvalue weighted by Gasteiger charge is -2.22. The average molecular weight is 278 g/mol. The predicted molar refractivity (Wildman–Crippen MR) is 73.7 cm³/mol. The lowest BCUT2D eigenvalue weighted by molar-refractivity contribution is 0.0832. The summed E-state index contributed by atoms with van der Waals surface area (Å²) in [5, 5.41) is 8.59. The second kappa shape index (κ2) is 5.72. The van der Waals surface area contributed by atoms with Gasteiger partial charge in [-0.2, -0.15) is 0 Å². The van der Waals surface area contributed by atoms with Crippen molar-refractivity contribution in [3.63, 3.8) is 0 Å². The fourth-order valence-corrected chi connectivity index (χ4v) is 2.67. The molecule has 0 saturated carbocycles. The van der Waals surface area contributed by atoms with Crippen molar-refractivity contribution in [2.45, 2.75) is 24.6 Å². The third-order valence-corrected chi connectivity index (χ3v) is 3.71. The van der Waals surface area contributed by atoms with Crippen molar-refractivity contribution in [2.24, 2.45) is 0 Å². The zero-order valence-electron chi connectivity index (χ0n) is 10.6. The zero-order chi connectivity index (χ0) is 13.1. The maximum Gasteiger partial charge on any atom is 0.152 e. The van der Waals surface area contributed by atoms with Gasteiger partial charge in [-0.25, -0.2) is 0 Å². The van der Waals surface area contributed by atoms with Gasteiger partial charge in [0.15, 0.2) is 5.82 Å². The van der Waals surface area contributed by atoms with Gasteiger partial charge in [0.1, 0.15) is 5.82 Å². The Morgan fingerprint density at radius 1 is 1.16 bits per heavy atom. The van der Waals surface area contributed by atoms with Crippen LogP contribution in [0.15, 0.2) is 30.3 Å². The highest BCUT2D eigenvalue weighted by Crippen LogP contribution is 2.28. The standard InChI is InChI=1S/C14H16ClN3O/c15-10-13-16-17-14(11-6-8-19-9-7-11)18(13)12-4-2-1-3-5-12/h1-5,11H,6-10H2. The fourth-order valence-electron chi connectivity index (χ4n) is 2.50. The molecule has 0 bridgehead atoms. The molecule has 1 aliphatic heterocycles. The van der Waals surface area contributed by atoms with E-state index in [1.54, 1.807) is 0 Å². The van der Waals surface area contributed by atoms with E-state index in [2.05, 4.69) is 26.9 Å². The van der Waals surface area contributed by atoms with Crippen LogP contribution in [0.3, 0.4) is 0 Å². The number of ether oxygens (including phenoxy) is 1. The van der Waals surface area contributed by atoms with Crippen LogP contribution < -0.4 is 0 Å². The summed E-state index contributed by atoms with van der Waals surface area (Å²) in [4.78, 5) is 0. The van der Waals surface area contributed by atoms with E-state index in [0.29, 0.717) is 11.8 Å². The molecule has 19 heavy (non-hydrogen) atoms. The summed E-state index contributed by atoms with van der Waals surface area (Å²) in [5.41, 5.74) is 1.07. The number of alkyl halides is 1. The lowest BCUT2D eigenvalue weighted by atomic mass is 9.99. The first-order chi connectivity index (χ1) is 9.40. The molecule has 0 unspecified atom stereocenters. The minimum absolute atomic E-state index is 0.366. The first-order valence-corrected chi connectivity index (χ1v) is 7.07. The van der Waals surface area contributed by atoms with Gasteiger partial charge in [0, 0.05) is 24.8 Å². The Bertz CT molecular complexity index is 535. The maximum absolute atomic E-state index is 5.99. The lowest BCUT2D eigenvalue weighted by Crippen LogP contribution is -2.18. The molecule has 0 radical (unpaired) electrons. The topological polar surface area (TPSA) is 39.9 Å². The molecule has 1 aliphatic rings. The quantitative estimate of drug-likeness (QED) is 0.810. The van der Waals surface area contributed by atoms with Crippen molar-refractivity contribution in [3.05, 3.63) is 42.0 Å². The molecule has 0 N–H and O–H groups in total. The highest BCUT2D eigenvalue weighted by molar-refractivity contribution is 6.16. The van der Waals surface area contributed by atoms with Crippen molar-refractivity contribution < 1.29 is 4.74 Å². The van der Waals surface area contributed by atoms with Crippen LogP contribution in [0.2, 0.25) is 0 Å². The number of benzene rings is 1. The number of halogens is 1. The van der Waals surface area contributed by atoms with Gasteiger partial charge in [0.2, 0.25) is 0 Å². The van der Waals surface area contributed by atoms with Gasteiger partial charge in [-0.1, -0.05) is 18.2 Å². The zero-order valence-corrected chi connectivity index (χ0v) is 11.4. The number of rotatable bonds is 3. The second-order valence-corrected chi connectivity index (χ2v) is 4.93. The average Bonchev–Trinajstić information content (AvgIpc) is 2.93. The fraction of sp³-hybridized carbons (Fsp3) is 0.429. The first-order valence-electron chi connectivity index (χ1n) is 6.53. The van der Waals surface area contributed by atoms with Gasteiger partial charge >= 0.3 is 0 Å². The van der Waals surface area contributed by atoms with Crippen molar-refractivity contribution >= 4 is 11.6 Å². The van der Waals surface area contributed by atoms with Crippen LogP contribution in [0.25, 0.3) is 5.69 Å². The molecular weight excluding hydrogens is 262 g/mol. The Balaban J connectivity index is 2.03. The van der Waals surface area contributed by atoms with Crippen LogP contribution in [0.1, 0.15) is 30.4 Å². The van der Waals surface area contributed by atoms with E-state index in [-0.39, 0.29) is 0 Å². The van der Waals surface area contributed by atoms with E-state index in [9.17, 15) is 0 Å². The van der Waals surface area contributed by atoms with Crippen molar-refractivity contribution in [1.82, 2.24) is 14.8 Å². The van der Waals surface area contributed by atoms with Crippen LogP contribution >= 0.6 is 11.6 Å². The van der Waals surface area contributed by atoms with Gasteiger partial charge in [-0.15, -0.1) is 21.8 Å². The minimum Gasteiger partial charge on any atom is -0.381 e. The Hall–Kier alpha value is -1.39. The normalized spacial score (nSPS) is 16.7. The maximum atomic E-state index is 5.99. The van der Waals surface area contributed by atoms with E-state index in [4.69, 9.17) is 16.3 Å².